The first-order valence-electron chi connectivity index (χ1n) is 5.96. The molecule has 0 bridgehead atoms. The minimum absolute atomic E-state index is 0.0754. The number of sulfonamides is 1. The SMILES string of the molecule is Cc1cc(N)cc(S(=O)(=O)NCC2(CO)CC2)c1F. The zero-order chi connectivity index (χ0) is 14.3. The molecule has 0 radical (unpaired) electrons. The van der Waals surface area contributed by atoms with E-state index in [1.165, 1.54) is 13.0 Å². The highest BCUT2D eigenvalue weighted by molar-refractivity contribution is 7.89. The molecule has 5 nitrogen and oxygen atoms in total. The third-order valence-corrected chi connectivity index (χ3v) is 4.86. The first-order valence-corrected chi connectivity index (χ1v) is 7.44. The third kappa shape index (κ3) is 2.88. The minimum Gasteiger partial charge on any atom is -0.399 e. The number of nitrogens with two attached hydrogens (primary N) is 1. The van der Waals surface area contributed by atoms with Crippen LogP contribution >= 0.6 is 0 Å². The van der Waals surface area contributed by atoms with Crippen molar-refractivity contribution >= 4 is 15.7 Å². The Labute approximate surface area is 111 Å². The van der Waals surface area contributed by atoms with E-state index in [-0.39, 0.29) is 29.8 Å². The fraction of sp³-hybridized carbons (Fsp3) is 0.500. The molecular formula is C12H17FN2O3S. The Kier molecular flexibility index (Phi) is 3.55. The molecule has 1 saturated carbocycles. The van der Waals surface area contributed by atoms with E-state index in [1.807, 2.05) is 0 Å². The lowest BCUT2D eigenvalue weighted by atomic mass is 10.1. The van der Waals surface area contributed by atoms with Gasteiger partial charge < -0.3 is 10.8 Å². The van der Waals surface area contributed by atoms with Crippen LogP contribution in [0.4, 0.5) is 10.1 Å². The second kappa shape index (κ2) is 4.73. The molecule has 0 saturated heterocycles. The van der Waals surface area contributed by atoms with E-state index >= 15 is 0 Å². The van der Waals surface area contributed by atoms with Crippen molar-refractivity contribution in [3.8, 4) is 0 Å². The van der Waals surface area contributed by atoms with Gasteiger partial charge in [-0.15, -0.1) is 0 Å². The third-order valence-electron chi connectivity index (χ3n) is 3.46. The van der Waals surface area contributed by atoms with E-state index in [0.29, 0.717) is 0 Å². The average Bonchev–Trinajstić information content (AvgIpc) is 3.12. The van der Waals surface area contributed by atoms with Crippen LogP contribution in [0.2, 0.25) is 0 Å². The number of rotatable bonds is 5. The standard InChI is InChI=1S/C12H17FN2O3S/c1-8-4-9(14)5-10(11(8)13)19(17,18)15-6-12(7-16)2-3-12/h4-5,15-16H,2-3,6-7,14H2,1H3. The number of aryl methyl sites for hydroxylation is 1. The molecular weight excluding hydrogens is 271 g/mol. The highest BCUT2D eigenvalue weighted by Gasteiger charge is 2.42. The number of hydrogen-bond donors (Lipinski definition) is 3. The molecule has 2 rings (SSSR count). The van der Waals surface area contributed by atoms with Crippen LogP contribution in [0.5, 0.6) is 0 Å². The topological polar surface area (TPSA) is 92.4 Å². The summed E-state index contributed by atoms with van der Waals surface area (Å²) in [5, 5.41) is 9.14. The summed E-state index contributed by atoms with van der Waals surface area (Å²) in [4.78, 5) is -0.446. The molecule has 0 aromatic heterocycles. The van der Waals surface area contributed by atoms with E-state index in [4.69, 9.17) is 10.8 Å². The summed E-state index contributed by atoms with van der Waals surface area (Å²) in [6, 6.07) is 2.48. The molecule has 0 heterocycles. The Morgan fingerprint density at radius 2 is 2.11 bits per heavy atom. The van der Waals surface area contributed by atoms with Crippen molar-refractivity contribution in [3.05, 3.63) is 23.5 Å². The van der Waals surface area contributed by atoms with E-state index in [1.54, 1.807) is 0 Å². The van der Waals surface area contributed by atoms with Crippen LogP contribution < -0.4 is 10.5 Å². The van der Waals surface area contributed by atoms with Gasteiger partial charge in [0.2, 0.25) is 10.0 Å². The Bertz CT molecular complexity index is 597. The average molecular weight is 288 g/mol. The maximum Gasteiger partial charge on any atom is 0.243 e. The van der Waals surface area contributed by atoms with Gasteiger partial charge in [-0.3, -0.25) is 0 Å². The van der Waals surface area contributed by atoms with E-state index in [2.05, 4.69) is 4.72 Å². The number of benzene rings is 1. The smallest absolute Gasteiger partial charge is 0.243 e. The van der Waals surface area contributed by atoms with Gasteiger partial charge in [0.15, 0.2) is 0 Å². The van der Waals surface area contributed by atoms with Crippen LogP contribution in [0.3, 0.4) is 0 Å². The van der Waals surface area contributed by atoms with Gasteiger partial charge in [-0.1, -0.05) is 0 Å². The fourth-order valence-corrected chi connectivity index (χ4v) is 3.19. The van der Waals surface area contributed by atoms with E-state index in [9.17, 15) is 12.8 Å². The summed E-state index contributed by atoms with van der Waals surface area (Å²) in [5.41, 5.74) is 5.55. The van der Waals surface area contributed by atoms with E-state index in [0.717, 1.165) is 18.9 Å². The zero-order valence-corrected chi connectivity index (χ0v) is 11.4. The number of halogens is 1. The number of anilines is 1. The predicted octanol–water partition coefficient (Wildman–Crippen LogP) is 0.767. The molecule has 106 valence electrons. The van der Waals surface area contributed by atoms with Crippen molar-refractivity contribution in [2.24, 2.45) is 5.41 Å². The summed E-state index contributed by atoms with van der Waals surface area (Å²) in [5.74, 6) is -0.796. The largest absolute Gasteiger partial charge is 0.399 e. The summed E-state index contributed by atoms with van der Waals surface area (Å²) in [6.07, 6.45) is 1.54. The van der Waals surface area contributed by atoms with Gasteiger partial charge in [0.1, 0.15) is 10.7 Å². The lowest BCUT2D eigenvalue weighted by molar-refractivity contribution is 0.213. The van der Waals surface area contributed by atoms with Crippen molar-refractivity contribution in [2.75, 3.05) is 18.9 Å². The maximum absolute atomic E-state index is 13.9. The fourth-order valence-electron chi connectivity index (χ4n) is 1.85. The molecule has 1 aromatic rings. The highest BCUT2D eigenvalue weighted by atomic mass is 32.2. The molecule has 0 unspecified atom stereocenters. The number of aliphatic hydroxyl groups excluding tert-OH is 1. The number of aliphatic hydroxyl groups is 1. The zero-order valence-electron chi connectivity index (χ0n) is 10.6. The molecule has 1 aliphatic carbocycles. The second-order valence-electron chi connectivity index (χ2n) is 5.13. The lowest BCUT2D eigenvalue weighted by Crippen LogP contribution is -2.32. The molecule has 1 aromatic carbocycles. The quantitative estimate of drug-likeness (QED) is 0.698. The Morgan fingerprint density at radius 1 is 1.47 bits per heavy atom. The van der Waals surface area contributed by atoms with Crippen LogP contribution in [0.1, 0.15) is 18.4 Å². The van der Waals surface area contributed by atoms with Gasteiger partial charge in [-0.05, 0) is 37.5 Å². The minimum atomic E-state index is -3.96. The predicted molar refractivity (Wildman–Crippen MR) is 69.5 cm³/mol. The summed E-state index contributed by atoms with van der Waals surface area (Å²) in [6.45, 7) is 1.49. The molecule has 0 aliphatic heterocycles. The molecule has 0 amide bonds. The van der Waals surface area contributed by atoms with Crippen molar-refractivity contribution in [3.63, 3.8) is 0 Å². The van der Waals surface area contributed by atoms with E-state index < -0.39 is 20.7 Å². The number of nitrogens with one attached hydrogen (secondary N) is 1. The molecule has 1 aliphatic rings. The molecule has 19 heavy (non-hydrogen) atoms. The van der Waals surface area contributed by atoms with Gasteiger partial charge in [0.25, 0.3) is 0 Å². The normalized spacial score (nSPS) is 17.4. The van der Waals surface area contributed by atoms with Crippen LogP contribution in [0.25, 0.3) is 0 Å². The molecule has 0 atom stereocenters. The molecule has 7 heteroatoms. The summed E-state index contributed by atoms with van der Waals surface area (Å²) >= 11 is 0. The van der Waals surface area contributed by atoms with Crippen LogP contribution in [-0.4, -0.2) is 26.7 Å². The van der Waals surface area contributed by atoms with Crippen molar-refractivity contribution in [1.29, 1.82) is 0 Å². The molecule has 1 fully saturated rings. The molecule has 0 spiro atoms. The first-order chi connectivity index (χ1) is 8.80. The van der Waals surface area contributed by atoms with Crippen molar-refractivity contribution in [1.82, 2.24) is 4.72 Å². The maximum atomic E-state index is 13.9. The first kappa shape index (κ1) is 14.2. The highest BCUT2D eigenvalue weighted by Crippen LogP contribution is 2.44. The summed E-state index contributed by atoms with van der Waals surface area (Å²) < 4.78 is 40.3. The van der Waals surface area contributed by atoms with Gasteiger partial charge >= 0.3 is 0 Å². The Morgan fingerprint density at radius 3 is 2.63 bits per heavy atom. The molecule has 4 N–H and O–H groups in total. The number of hydrogen-bond acceptors (Lipinski definition) is 4. The number of nitrogen functional groups attached to an aromatic ring is 1. The van der Waals surface area contributed by atoms with Crippen LogP contribution in [0.15, 0.2) is 17.0 Å². The summed E-state index contributed by atoms with van der Waals surface area (Å²) in [7, 11) is -3.96. The Hall–Kier alpha value is -1.18. The van der Waals surface area contributed by atoms with Crippen LogP contribution in [-0.2, 0) is 10.0 Å². The lowest BCUT2D eigenvalue weighted by Gasteiger charge is -2.14. The van der Waals surface area contributed by atoms with Crippen molar-refractivity contribution in [2.45, 2.75) is 24.7 Å². The van der Waals surface area contributed by atoms with Gasteiger partial charge in [-0.25, -0.2) is 17.5 Å². The van der Waals surface area contributed by atoms with Crippen molar-refractivity contribution < 1.29 is 17.9 Å². The monoisotopic (exact) mass is 288 g/mol. The Balaban J connectivity index is 2.25. The van der Waals surface area contributed by atoms with Gasteiger partial charge in [0, 0.05) is 24.3 Å². The van der Waals surface area contributed by atoms with Gasteiger partial charge in [-0.2, -0.15) is 0 Å². The second-order valence-corrected chi connectivity index (χ2v) is 6.87. The van der Waals surface area contributed by atoms with Gasteiger partial charge in [0.05, 0.1) is 0 Å². The van der Waals surface area contributed by atoms with Crippen LogP contribution in [0, 0.1) is 18.2 Å².